The lowest BCUT2D eigenvalue weighted by Gasteiger charge is -2.35. The zero-order chi connectivity index (χ0) is 22.2. The third kappa shape index (κ3) is 6.34. The number of nitrogens with zero attached hydrogens (tertiary/aromatic N) is 1. The van der Waals surface area contributed by atoms with Crippen molar-refractivity contribution in [2.75, 3.05) is 47.1 Å². The maximum Gasteiger partial charge on any atom is 0.254 e. The minimum Gasteiger partial charge on any atom is -0.493 e. The minimum atomic E-state index is 0.0358. The van der Waals surface area contributed by atoms with E-state index in [1.54, 1.807) is 20.3 Å². The molecule has 1 saturated heterocycles. The Hall–Kier alpha value is -1.83. The van der Waals surface area contributed by atoms with Gasteiger partial charge in [-0.1, -0.05) is 6.42 Å². The van der Waals surface area contributed by atoms with Crippen LogP contribution in [-0.4, -0.2) is 76.0 Å². The normalized spacial score (nSPS) is 21.2. The van der Waals surface area contributed by atoms with Crippen LogP contribution < -0.4 is 20.1 Å². The molecule has 0 spiro atoms. The zero-order valence-electron chi connectivity index (χ0n) is 19.5. The molecular weight excluding hydrogens is 394 g/mol. The lowest BCUT2D eigenvalue weighted by molar-refractivity contribution is 0.0664. The lowest BCUT2D eigenvalue weighted by atomic mass is 9.90. The molecule has 0 bridgehead atoms. The zero-order valence-corrected chi connectivity index (χ0v) is 19.5. The van der Waals surface area contributed by atoms with Crippen LogP contribution in [0.15, 0.2) is 18.2 Å². The second-order valence-electron chi connectivity index (χ2n) is 8.93. The molecule has 1 aliphatic carbocycles. The van der Waals surface area contributed by atoms with Gasteiger partial charge in [-0.3, -0.25) is 4.79 Å². The van der Waals surface area contributed by atoms with Crippen molar-refractivity contribution in [3.05, 3.63) is 23.8 Å². The summed E-state index contributed by atoms with van der Waals surface area (Å²) in [5.74, 6) is 1.68. The minimum absolute atomic E-state index is 0.0358. The van der Waals surface area contributed by atoms with Gasteiger partial charge in [0, 0.05) is 69.4 Å². The summed E-state index contributed by atoms with van der Waals surface area (Å²) in [4.78, 5) is 15.5. The number of carbonyl (C=O) groups excluding carboxylic acids is 1. The predicted molar refractivity (Wildman–Crippen MR) is 122 cm³/mol. The molecule has 1 aromatic carbocycles. The number of nitrogens with one attached hydrogen (secondary N) is 2. The molecule has 1 saturated carbocycles. The number of benzene rings is 1. The van der Waals surface area contributed by atoms with Gasteiger partial charge in [0.2, 0.25) is 0 Å². The van der Waals surface area contributed by atoms with Crippen LogP contribution in [0.25, 0.3) is 0 Å². The van der Waals surface area contributed by atoms with E-state index in [4.69, 9.17) is 14.2 Å². The van der Waals surface area contributed by atoms with Crippen LogP contribution in [-0.2, 0) is 4.74 Å². The van der Waals surface area contributed by atoms with Crippen LogP contribution in [0.5, 0.6) is 11.5 Å². The second kappa shape index (κ2) is 11.7. The average Bonchev–Trinajstić information content (AvgIpc) is 3.18. The largest absolute Gasteiger partial charge is 0.493 e. The van der Waals surface area contributed by atoms with Gasteiger partial charge in [0.1, 0.15) is 0 Å². The van der Waals surface area contributed by atoms with Crippen molar-refractivity contribution in [3.8, 4) is 11.5 Å². The van der Waals surface area contributed by atoms with Gasteiger partial charge in [-0.2, -0.15) is 0 Å². The molecule has 1 amide bonds. The molecule has 1 aliphatic heterocycles. The average molecular weight is 434 g/mol. The molecule has 2 aliphatic rings. The maximum absolute atomic E-state index is 13.5. The van der Waals surface area contributed by atoms with E-state index in [2.05, 4.69) is 24.5 Å². The van der Waals surface area contributed by atoms with E-state index in [1.807, 2.05) is 17.0 Å². The van der Waals surface area contributed by atoms with Gasteiger partial charge in [-0.15, -0.1) is 0 Å². The first-order valence-electron chi connectivity index (χ1n) is 11.6. The standard InChI is InChI=1S/C24H39N3O4/c1-17(2)27(16-19-14-25-15-21(19)26-20-7-5-8-20)24(28)18-9-10-22(30-4)23(13-18)31-12-6-11-29-3/h9-10,13,17,19-21,25-26H,5-8,11-12,14-16H2,1-4H3/t19-,21+/m1/s1. The molecule has 1 heterocycles. The van der Waals surface area contributed by atoms with Gasteiger partial charge in [0.25, 0.3) is 5.91 Å². The van der Waals surface area contributed by atoms with Gasteiger partial charge in [-0.05, 0) is 44.9 Å². The number of amides is 1. The molecule has 0 unspecified atom stereocenters. The fourth-order valence-corrected chi connectivity index (χ4v) is 4.25. The molecule has 2 fully saturated rings. The van der Waals surface area contributed by atoms with Crippen molar-refractivity contribution in [1.82, 2.24) is 15.5 Å². The molecule has 0 aromatic heterocycles. The highest BCUT2D eigenvalue weighted by Crippen LogP contribution is 2.29. The Morgan fingerprint density at radius 2 is 2.00 bits per heavy atom. The van der Waals surface area contributed by atoms with Crippen LogP contribution in [0.4, 0.5) is 0 Å². The summed E-state index contributed by atoms with van der Waals surface area (Å²) in [6.45, 7) is 7.97. The highest BCUT2D eigenvalue weighted by molar-refractivity contribution is 5.95. The van der Waals surface area contributed by atoms with Crippen LogP contribution >= 0.6 is 0 Å². The fourth-order valence-electron chi connectivity index (χ4n) is 4.25. The van der Waals surface area contributed by atoms with Crippen molar-refractivity contribution < 1.29 is 19.0 Å². The molecule has 2 N–H and O–H groups in total. The van der Waals surface area contributed by atoms with Crippen LogP contribution in [0.2, 0.25) is 0 Å². The highest BCUT2D eigenvalue weighted by atomic mass is 16.5. The number of ether oxygens (including phenoxy) is 3. The van der Waals surface area contributed by atoms with Crippen LogP contribution in [0.3, 0.4) is 0 Å². The van der Waals surface area contributed by atoms with E-state index < -0.39 is 0 Å². The molecule has 174 valence electrons. The number of carbonyl (C=O) groups is 1. The summed E-state index contributed by atoms with van der Waals surface area (Å²) in [5, 5.41) is 7.31. The SMILES string of the molecule is COCCCOc1cc(C(=O)N(C[C@H]2CNC[C@@H]2NC2CCC2)C(C)C)ccc1OC. The van der Waals surface area contributed by atoms with E-state index in [0.29, 0.717) is 48.3 Å². The third-order valence-electron chi connectivity index (χ3n) is 6.37. The van der Waals surface area contributed by atoms with Gasteiger partial charge in [0.15, 0.2) is 11.5 Å². The monoisotopic (exact) mass is 433 g/mol. The number of hydrogen-bond donors (Lipinski definition) is 2. The quantitative estimate of drug-likeness (QED) is 0.494. The molecule has 3 rings (SSSR count). The smallest absolute Gasteiger partial charge is 0.254 e. The Balaban J connectivity index is 1.68. The molecule has 0 radical (unpaired) electrons. The van der Waals surface area contributed by atoms with Crippen molar-refractivity contribution in [3.63, 3.8) is 0 Å². The Morgan fingerprint density at radius 1 is 1.19 bits per heavy atom. The van der Waals surface area contributed by atoms with Crippen molar-refractivity contribution in [2.24, 2.45) is 5.92 Å². The molecule has 7 heteroatoms. The highest BCUT2D eigenvalue weighted by Gasteiger charge is 2.33. The summed E-state index contributed by atoms with van der Waals surface area (Å²) in [5.41, 5.74) is 0.630. The van der Waals surface area contributed by atoms with Crippen LogP contribution in [0.1, 0.15) is 49.9 Å². The molecule has 2 atom stereocenters. The summed E-state index contributed by atoms with van der Waals surface area (Å²) < 4.78 is 16.4. The maximum atomic E-state index is 13.5. The first-order chi connectivity index (χ1) is 15.0. The molecule has 31 heavy (non-hydrogen) atoms. The van der Waals surface area contributed by atoms with Crippen molar-refractivity contribution in [2.45, 2.75) is 57.7 Å². The Morgan fingerprint density at radius 3 is 2.65 bits per heavy atom. The third-order valence-corrected chi connectivity index (χ3v) is 6.37. The number of hydrogen-bond acceptors (Lipinski definition) is 6. The first-order valence-corrected chi connectivity index (χ1v) is 11.6. The summed E-state index contributed by atoms with van der Waals surface area (Å²) in [6, 6.07) is 6.64. The Kier molecular flexibility index (Phi) is 8.99. The van der Waals surface area contributed by atoms with Gasteiger partial charge >= 0.3 is 0 Å². The fraction of sp³-hybridized carbons (Fsp3) is 0.708. The van der Waals surface area contributed by atoms with E-state index in [1.165, 1.54) is 19.3 Å². The number of rotatable bonds is 12. The van der Waals surface area contributed by atoms with E-state index >= 15 is 0 Å². The predicted octanol–water partition coefficient (Wildman–Crippen LogP) is 2.69. The van der Waals surface area contributed by atoms with E-state index in [-0.39, 0.29) is 11.9 Å². The Bertz CT molecular complexity index is 708. The van der Waals surface area contributed by atoms with Crippen LogP contribution in [0, 0.1) is 5.92 Å². The molecule has 7 nitrogen and oxygen atoms in total. The Labute approximate surface area is 186 Å². The lowest BCUT2D eigenvalue weighted by Crippen LogP contribution is -2.50. The van der Waals surface area contributed by atoms with Gasteiger partial charge in [-0.25, -0.2) is 0 Å². The van der Waals surface area contributed by atoms with E-state index in [0.717, 1.165) is 26.1 Å². The van der Waals surface area contributed by atoms with E-state index in [9.17, 15) is 4.79 Å². The van der Waals surface area contributed by atoms with Crippen molar-refractivity contribution >= 4 is 5.91 Å². The van der Waals surface area contributed by atoms with Crippen molar-refractivity contribution in [1.29, 1.82) is 0 Å². The molecule has 1 aromatic rings. The summed E-state index contributed by atoms with van der Waals surface area (Å²) in [6.07, 6.45) is 4.65. The van der Waals surface area contributed by atoms with Gasteiger partial charge < -0.3 is 29.7 Å². The number of methoxy groups -OCH3 is 2. The first kappa shape index (κ1) is 23.8. The van der Waals surface area contributed by atoms with Gasteiger partial charge in [0.05, 0.1) is 13.7 Å². The second-order valence-corrected chi connectivity index (χ2v) is 8.93. The topological polar surface area (TPSA) is 72.1 Å². The molecular formula is C24H39N3O4. The summed E-state index contributed by atoms with van der Waals surface area (Å²) in [7, 11) is 3.29. The summed E-state index contributed by atoms with van der Waals surface area (Å²) >= 11 is 0.